The number of carbonyl (C=O) groups excluding carboxylic acids is 1. The molecule has 1 amide bonds. The first-order valence-electron chi connectivity index (χ1n) is 11.1. The molecule has 1 aliphatic rings. The molecule has 0 radical (unpaired) electrons. The first kappa shape index (κ1) is 22.3. The minimum Gasteiger partial charge on any atom is -0.318 e. The van der Waals surface area contributed by atoms with Crippen LogP contribution in [0.5, 0.6) is 0 Å². The number of halogens is 1. The molecule has 11 nitrogen and oxygen atoms in total. The fraction of sp³-hybridized carbons (Fsp3) is 0.261. The summed E-state index contributed by atoms with van der Waals surface area (Å²) in [4.78, 5) is 23.5. The van der Waals surface area contributed by atoms with Crippen molar-refractivity contribution >= 4 is 17.3 Å². The maximum absolute atomic E-state index is 14.6. The highest BCUT2D eigenvalue weighted by atomic mass is 19.1. The van der Waals surface area contributed by atoms with E-state index < -0.39 is 16.6 Å². The predicted molar refractivity (Wildman–Crippen MR) is 124 cm³/mol. The Morgan fingerprint density at radius 2 is 1.97 bits per heavy atom. The number of carbonyl (C=O) groups is 1. The van der Waals surface area contributed by atoms with Gasteiger partial charge in [-0.2, -0.15) is 0 Å². The lowest BCUT2D eigenvalue weighted by molar-refractivity contribution is -0.384. The zero-order valence-corrected chi connectivity index (χ0v) is 18.8. The number of nitrogens with one attached hydrogen (secondary N) is 1. The molecule has 0 unspecified atom stereocenters. The molecule has 1 N–H and O–H groups in total. The van der Waals surface area contributed by atoms with Crippen molar-refractivity contribution in [3.05, 3.63) is 75.6 Å². The SMILES string of the molecule is Cc1c(C(=O)Nc2cc(-c3nnc4n3CCCCC4)ccc2F)nnn1-c1cccc([N+](=O)[O-])c1. The van der Waals surface area contributed by atoms with Crippen LogP contribution in [-0.2, 0) is 13.0 Å². The van der Waals surface area contributed by atoms with Gasteiger partial charge in [0.15, 0.2) is 11.5 Å². The highest BCUT2D eigenvalue weighted by Crippen LogP contribution is 2.27. The van der Waals surface area contributed by atoms with Crippen LogP contribution in [0.4, 0.5) is 15.8 Å². The highest BCUT2D eigenvalue weighted by Gasteiger charge is 2.21. The normalized spacial score (nSPS) is 13.2. The third kappa shape index (κ3) is 4.25. The van der Waals surface area contributed by atoms with Gasteiger partial charge in [-0.15, -0.1) is 15.3 Å². The zero-order valence-electron chi connectivity index (χ0n) is 18.8. The lowest BCUT2D eigenvalue weighted by Gasteiger charge is -2.10. The van der Waals surface area contributed by atoms with E-state index in [9.17, 15) is 19.3 Å². The smallest absolute Gasteiger partial charge is 0.278 e. The number of nitro benzene ring substituents is 1. The van der Waals surface area contributed by atoms with Crippen LogP contribution in [0.15, 0.2) is 42.5 Å². The van der Waals surface area contributed by atoms with Crippen LogP contribution in [0.2, 0.25) is 0 Å². The number of anilines is 1. The minimum atomic E-state index is -0.657. The summed E-state index contributed by atoms with van der Waals surface area (Å²) in [5, 5.41) is 30.1. The summed E-state index contributed by atoms with van der Waals surface area (Å²) >= 11 is 0. The number of fused-ring (bicyclic) bond motifs is 1. The third-order valence-electron chi connectivity index (χ3n) is 5.98. The van der Waals surface area contributed by atoms with Gasteiger partial charge in [-0.1, -0.05) is 17.7 Å². The van der Waals surface area contributed by atoms with Gasteiger partial charge in [-0.3, -0.25) is 14.9 Å². The lowest BCUT2D eigenvalue weighted by Crippen LogP contribution is -2.15. The number of nitrogens with zero attached hydrogens (tertiary/aromatic N) is 7. The molecular weight excluding hydrogens is 455 g/mol. The van der Waals surface area contributed by atoms with E-state index >= 15 is 0 Å². The standard InChI is InChI=1S/C23H21FN8O3/c1-14-21(27-29-31(14)16-6-5-7-17(13-16)32(34)35)23(33)25-19-12-15(9-10-18(19)24)22-28-26-20-8-3-2-4-11-30(20)22/h5-7,9-10,12-13H,2-4,8,11H2,1H3,(H,25,33). The first-order valence-corrected chi connectivity index (χ1v) is 11.1. The molecule has 0 aliphatic carbocycles. The van der Waals surface area contributed by atoms with E-state index in [-0.39, 0.29) is 17.1 Å². The number of aryl methyl sites for hydroxylation is 1. The number of hydrogen-bond acceptors (Lipinski definition) is 7. The van der Waals surface area contributed by atoms with Crippen molar-refractivity contribution in [2.24, 2.45) is 0 Å². The summed E-state index contributed by atoms with van der Waals surface area (Å²) in [7, 11) is 0. The second kappa shape index (κ2) is 9.05. The fourth-order valence-electron chi connectivity index (χ4n) is 4.16. The molecule has 0 bridgehead atoms. The van der Waals surface area contributed by atoms with Crippen molar-refractivity contribution in [2.75, 3.05) is 5.32 Å². The highest BCUT2D eigenvalue weighted by molar-refractivity contribution is 6.03. The van der Waals surface area contributed by atoms with E-state index in [2.05, 4.69) is 25.8 Å². The maximum Gasteiger partial charge on any atom is 0.278 e. The van der Waals surface area contributed by atoms with Crippen LogP contribution in [0.25, 0.3) is 17.1 Å². The van der Waals surface area contributed by atoms with Crippen LogP contribution >= 0.6 is 0 Å². The van der Waals surface area contributed by atoms with Crippen LogP contribution in [0, 0.1) is 22.9 Å². The Labute approximate surface area is 198 Å². The van der Waals surface area contributed by atoms with Crippen LogP contribution < -0.4 is 5.32 Å². The van der Waals surface area contributed by atoms with Crippen molar-refractivity contribution < 1.29 is 14.1 Å². The Bertz CT molecular complexity index is 1440. The molecule has 0 fully saturated rings. The summed E-state index contributed by atoms with van der Waals surface area (Å²) < 4.78 is 18.0. The molecule has 4 aromatic rings. The molecule has 2 aromatic heterocycles. The van der Waals surface area contributed by atoms with Crippen LogP contribution in [0.1, 0.15) is 41.3 Å². The van der Waals surface area contributed by atoms with Crippen LogP contribution in [0.3, 0.4) is 0 Å². The molecule has 35 heavy (non-hydrogen) atoms. The summed E-state index contributed by atoms with van der Waals surface area (Å²) in [6.07, 6.45) is 4.03. The molecule has 0 atom stereocenters. The number of non-ortho nitro benzene ring substituents is 1. The lowest BCUT2D eigenvalue weighted by atomic mass is 10.1. The minimum absolute atomic E-state index is 0.0252. The van der Waals surface area contributed by atoms with Crippen molar-refractivity contribution in [3.63, 3.8) is 0 Å². The van der Waals surface area contributed by atoms with E-state index in [0.29, 0.717) is 22.8 Å². The van der Waals surface area contributed by atoms with Crippen molar-refractivity contribution in [2.45, 2.75) is 39.2 Å². The van der Waals surface area contributed by atoms with E-state index in [4.69, 9.17) is 0 Å². The number of aromatic nitrogens is 6. The first-order chi connectivity index (χ1) is 16.9. The second-order valence-corrected chi connectivity index (χ2v) is 8.26. The van der Waals surface area contributed by atoms with Gasteiger partial charge in [-0.05, 0) is 44.0 Å². The molecule has 0 saturated heterocycles. The van der Waals surface area contributed by atoms with Gasteiger partial charge in [0, 0.05) is 30.7 Å². The number of rotatable bonds is 5. The average Bonchev–Trinajstić information content (AvgIpc) is 3.35. The average molecular weight is 476 g/mol. The number of hydrogen-bond donors (Lipinski definition) is 1. The number of benzene rings is 2. The number of amides is 1. The summed E-state index contributed by atoms with van der Waals surface area (Å²) in [5.41, 5.74) is 1.19. The summed E-state index contributed by atoms with van der Waals surface area (Å²) in [6, 6.07) is 10.2. The Hall–Kier alpha value is -4.48. The van der Waals surface area contributed by atoms with Gasteiger partial charge in [-0.25, -0.2) is 9.07 Å². The molecule has 3 heterocycles. The fourth-order valence-corrected chi connectivity index (χ4v) is 4.16. The predicted octanol–water partition coefficient (Wildman–Crippen LogP) is 3.86. The topological polar surface area (TPSA) is 134 Å². The molecule has 1 aliphatic heterocycles. The summed E-state index contributed by atoms with van der Waals surface area (Å²) in [5.74, 6) is 0.266. The second-order valence-electron chi connectivity index (χ2n) is 8.26. The van der Waals surface area contributed by atoms with Gasteiger partial charge in [0.05, 0.1) is 22.0 Å². The molecule has 0 saturated carbocycles. The summed E-state index contributed by atoms with van der Waals surface area (Å²) in [6.45, 7) is 2.39. The Kier molecular flexibility index (Phi) is 5.77. The van der Waals surface area contributed by atoms with Gasteiger partial charge in [0.1, 0.15) is 11.6 Å². The van der Waals surface area contributed by atoms with Crippen molar-refractivity contribution in [3.8, 4) is 17.1 Å². The van der Waals surface area contributed by atoms with E-state index in [1.54, 1.807) is 19.1 Å². The molecule has 12 heteroatoms. The number of nitro groups is 1. The quantitative estimate of drug-likeness (QED) is 0.341. The maximum atomic E-state index is 14.6. The monoisotopic (exact) mass is 476 g/mol. The molecular formula is C23H21FN8O3. The van der Waals surface area contributed by atoms with Crippen LogP contribution in [-0.4, -0.2) is 40.6 Å². The Balaban J connectivity index is 1.42. The molecule has 178 valence electrons. The Morgan fingerprint density at radius 3 is 2.80 bits per heavy atom. The zero-order chi connectivity index (χ0) is 24.5. The third-order valence-corrected chi connectivity index (χ3v) is 5.98. The molecule has 2 aromatic carbocycles. The molecule has 0 spiro atoms. The van der Waals surface area contributed by atoms with E-state index in [1.807, 2.05) is 4.57 Å². The Morgan fingerprint density at radius 1 is 1.11 bits per heavy atom. The van der Waals surface area contributed by atoms with E-state index in [1.165, 1.54) is 35.0 Å². The van der Waals surface area contributed by atoms with Gasteiger partial charge < -0.3 is 9.88 Å². The van der Waals surface area contributed by atoms with Gasteiger partial charge in [0.25, 0.3) is 11.6 Å². The largest absolute Gasteiger partial charge is 0.318 e. The van der Waals surface area contributed by atoms with Crippen molar-refractivity contribution in [1.82, 2.24) is 29.8 Å². The van der Waals surface area contributed by atoms with Gasteiger partial charge in [0.2, 0.25) is 0 Å². The molecule has 5 rings (SSSR count). The van der Waals surface area contributed by atoms with Gasteiger partial charge >= 0.3 is 0 Å². The van der Waals surface area contributed by atoms with Crippen molar-refractivity contribution in [1.29, 1.82) is 0 Å². The van der Waals surface area contributed by atoms with E-state index in [0.717, 1.165) is 38.1 Å².